The van der Waals surface area contributed by atoms with Crippen molar-refractivity contribution in [3.05, 3.63) is 95.6 Å². The van der Waals surface area contributed by atoms with Crippen molar-refractivity contribution < 1.29 is 33.3 Å². The highest BCUT2D eigenvalue weighted by Gasteiger charge is 2.42. The van der Waals surface area contributed by atoms with Crippen LogP contribution >= 0.6 is 0 Å². The first-order chi connectivity index (χ1) is 23.7. The molecule has 264 valence electrons. The summed E-state index contributed by atoms with van der Waals surface area (Å²) in [5.41, 5.74) is 1.64. The molecule has 0 radical (unpaired) electrons. The fourth-order valence-corrected chi connectivity index (χ4v) is 6.33. The van der Waals surface area contributed by atoms with Gasteiger partial charge < -0.3 is 34.1 Å². The fraction of sp³-hybridized carbons (Fsp3) is 0.462. The molecule has 10 nitrogen and oxygen atoms in total. The van der Waals surface area contributed by atoms with E-state index in [1.807, 2.05) is 97.9 Å². The van der Waals surface area contributed by atoms with Gasteiger partial charge in [-0.2, -0.15) is 0 Å². The molecule has 10 heteroatoms. The van der Waals surface area contributed by atoms with Gasteiger partial charge in [0.25, 0.3) is 0 Å². The lowest BCUT2D eigenvalue weighted by Crippen LogP contribution is -2.42. The second kappa shape index (κ2) is 18.4. The lowest BCUT2D eigenvalue weighted by molar-refractivity contribution is -0.150. The molecule has 0 spiro atoms. The molecule has 1 heterocycles. The maximum atomic E-state index is 13.8. The maximum Gasteiger partial charge on any atom is 0.306 e. The number of benzene rings is 3. The number of unbranched alkanes of at least 4 members (excludes halogenated alkanes) is 2. The van der Waals surface area contributed by atoms with Gasteiger partial charge in [0, 0.05) is 26.3 Å². The first-order valence-corrected chi connectivity index (χ1v) is 17.0. The van der Waals surface area contributed by atoms with Crippen LogP contribution in [0, 0.1) is 0 Å². The minimum atomic E-state index is -1.05. The summed E-state index contributed by atoms with van der Waals surface area (Å²) in [5, 5.41) is 2.53. The number of hydrogen-bond donors (Lipinski definition) is 1. The average molecular weight is 674 g/mol. The summed E-state index contributed by atoms with van der Waals surface area (Å²) in [7, 11) is 8.89. The van der Waals surface area contributed by atoms with Crippen LogP contribution in [0.25, 0.3) is 0 Å². The van der Waals surface area contributed by atoms with Gasteiger partial charge in [0.2, 0.25) is 11.8 Å². The molecule has 1 fully saturated rings. The zero-order valence-corrected chi connectivity index (χ0v) is 29.5. The topological polar surface area (TPSA) is 107 Å². The quantitative estimate of drug-likeness (QED) is 0.112. The standard InChI is InChI=1S/C39H51N3O7/c1-40-36(43)23-24-38(45)49-35-26-32(42(27-35)37(44)14-10-7-11-25-41(2)3)28-48-39(29-12-8-6-9-13-29,30-15-19-33(46-4)20-16-30)31-17-21-34(47-5)22-18-31/h6,8-9,12-13,15-22,32,35H,7,10-11,14,23-28H2,1-5H3,(H,40,43)/t32-,35+/m0/s1. The van der Waals surface area contributed by atoms with Crippen molar-refractivity contribution in [2.24, 2.45) is 0 Å². The number of likely N-dealkylation sites (tertiary alicyclic amines) is 1. The molecule has 1 aliphatic heterocycles. The third-order valence-electron chi connectivity index (χ3n) is 8.99. The Kier molecular flexibility index (Phi) is 14.0. The van der Waals surface area contributed by atoms with E-state index in [1.54, 1.807) is 14.2 Å². The Morgan fingerprint density at radius 2 is 1.39 bits per heavy atom. The smallest absolute Gasteiger partial charge is 0.306 e. The molecule has 0 aliphatic carbocycles. The molecule has 1 saturated heterocycles. The van der Waals surface area contributed by atoms with Gasteiger partial charge in [-0.1, -0.05) is 61.0 Å². The number of rotatable bonds is 18. The van der Waals surface area contributed by atoms with Crippen LogP contribution in [0.2, 0.25) is 0 Å². The average Bonchev–Trinajstić information content (AvgIpc) is 3.53. The Balaban J connectivity index is 1.65. The molecule has 0 saturated carbocycles. The SMILES string of the molecule is CNC(=O)CCC(=O)O[C@@H]1C[C@@H](COC(c2ccccc2)(c2ccc(OC)cc2)c2ccc(OC)cc2)N(C(=O)CCCCCN(C)C)C1. The lowest BCUT2D eigenvalue weighted by Gasteiger charge is -2.38. The number of nitrogens with one attached hydrogen (secondary N) is 1. The number of esters is 1. The Morgan fingerprint density at radius 1 is 0.796 bits per heavy atom. The molecular weight excluding hydrogens is 622 g/mol. The monoisotopic (exact) mass is 673 g/mol. The van der Waals surface area contributed by atoms with Gasteiger partial charge in [-0.3, -0.25) is 14.4 Å². The summed E-state index contributed by atoms with van der Waals surface area (Å²) in [6.07, 6.45) is 3.09. The fourth-order valence-electron chi connectivity index (χ4n) is 6.33. The van der Waals surface area contributed by atoms with Gasteiger partial charge in [-0.15, -0.1) is 0 Å². The zero-order valence-electron chi connectivity index (χ0n) is 29.5. The van der Waals surface area contributed by atoms with Crippen molar-refractivity contribution in [2.45, 2.75) is 62.7 Å². The minimum Gasteiger partial charge on any atom is -0.497 e. The van der Waals surface area contributed by atoms with E-state index in [0.717, 1.165) is 54.0 Å². The number of methoxy groups -OCH3 is 2. The van der Waals surface area contributed by atoms with Crippen molar-refractivity contribution in [2.75, 3.05) is 55.1 Å². The number of nitrogens with zero attached hydrogens (tertiary/aromatic N) is 2. The number of carbonyl (C=O) groups excluding carboxylic acids is 3. The largest absolute Gasteiger partial charge is 0.497 e. The van der Waals surface area contributed by atoms with Gasteiger partial charge in [-0.05, 0) is 74.4 Å². The molecule has 0 unspecified atom stereocenters. The Hall–Kier alpha value is -4.41. The van der Waals surface area contributed by atoms with E-state index in [-0.39, 0.29) is 43.8 Å². The normalized spacial score (nSPS) is 16.0. The van der Waals surface area contributed by atoms with Crippen LogP contribution in [0.1, 0.15) is 61.6 Å². The van der Waals surface area contributed by atoms with E-state index >= 15 is 0 Å². The molecule has 0 aromatic heterocycles. The predicted octanol–water partition coefficient (Wildman–Crippen LogP) is 5.17. The van der Waals surface area contributed by atoms with E-state index in [0.29, 0.717) is 12.8 Å². The maximum absolute atomic E-state index is 13.8. The van der Waals surface area contributed by atoms with Crippen molar-refractivity contribution in [1.82, 2.24) is 15.1 Å². The Labute approximate surface area is 290 Å². The van der Waals surface area contributed by atoms with Crippen LogP contribution < -0.4 is 14.8 Å². The molecule has 3 aromatic carbocycles. The highest BCUT2D eigenvalue weighted by Crippen LogP contribution is 2.42. The zero-order chi connectivity index (χ0) is 35.2. The second-order valence-electron chi connectivity index (χ2n) is 12.6. The molecule has 1 N–H and O–H groups in total. The second-order valence-corrected chi connectivity index (χ2v) is 12.6. The third-order valence-corrected chi connectivity index (χ3v) is 8.99. The number of ether oxygens (including phenoxy) is 4. The summed E-state index contributed by atoms with van der Waals surface area (Å²) in [6.45, 7) is 1.44. The van der Waals surface area contributed by atoms with Gasteiger partial charge in [-0.25, -0.2) is 0 Å². The van der Waals surface area contributed by atoms with Gasteiger partial charge in [0.05, 0.1) is 39.8 Å². The van der Waals surface area contributed by atoms with E-state index in [9.17, 15) is 14.4 Å². The van der Waals surface area contributed by atoms with Crippen LogP contribution in [-0.2, 0) is 29.5 Å². The predicted molar refractivity (Wildman–Crippen MR) is 189 cm³/mol. The Morgan fingerprint density at radius 3 is 1.94 bits per heavy atom. The Bertz CT molecular complexity index is 1430. The van der Waals surface area contributed by atoms with Gasteiger partial charge >= 0.3 is 5.97 Å². The molecular formula is C39H51N3O7. The van der Waals surface area contributed by atoms with Crippen molar-refractivity contribution in [3.63, 3.8) is 0 Å². The van der Waals surface area contributed by atoms with Gasteiger partial charge in [0.15, 0.2) is 0 Å². The first-order valence-electron chi connectivity index (χ1n) is 17.0. The van der Waals surface area contributed by atoms with E-state index < -0.39 is 17.7 Å². The van der Waals surface area contributed by atoms with Gasteiger partial charge in [0.1, 0.15) is 23.2 Å². The molecule has 49 heavy (non-hydrogen) atoms. The van der Waals surface area contributed by atoms with Crippen molar-refractivity contribution >= 4 is 17.8 Å². The summed E-state index contributed by atoms with van der Waals surface area (Å²) >= 11 is 0. The summed E-state index contributed by atoms with van der Waals surface area (Å²) in [4.78, 5) is 42.2. The number of carbonyl (C=O) groups is 3. The molecule has 2 atom stereocenters. The van der Waals surface area contributed by atoms with E-state index in [2.05, 4.69) is 10.2 Å². The summed E-state index contributed by atoms with van der Waals surface area (Å²) in [5.74, 6) is 0.775. The molecule has 4 rings (SSSR count). The third kappa shape index (κ3) is 10.1. The van der Waals surface area contributed by atoms with Crippen LogP contribution in [-0.4, -0.2) is 94.8 Å². The van der Waals surface area contributed by atoms with Crippen molar-refractivity contribution in [3.8, 4) is 11.5 Å². The molecule has 1 aliphatic rings. The summed E-state index contributed by atoms with van der Waals surface area (Å²) in [6, 6.07) is 25.3. The number of hydrogen-bond acceptors (Lipinski definition) is 8. The molecule has 0 bridgehead atoms. The van der Waals surface area contributed by atoms with Crippen LogP contribution in [0.4, 0.5) is 0 Å². The summed E-state index contributed by atoms with van der Waals surface area (Å²) < 4.78 is 23.9. The molecule has 3 aromatic rings. The van der Waals surface area contributed by atoms with Crippen LogP contribution in [0.5, 0.6) is 11.5 Å². The highest BCUT2D eigenvalue weighted by molar-refractivity contribution is 5.81. The lowest BCUT2D eigenvalue weighted by atomic mass is 9.80. The minimum absolute atomic E-state index is 0.0153. The first kappa shape index (κ1) is 37.4. The van der Waals surface area contributed by atoms with Crippen LogP contribution in [0.3, 0.4) is 0 Å². The van der Waals surface area contributed by atoms with Crippen LogP contribution in [0.15, 0.2) is 78.9 Å². The molecule has 2 amide bonds. The van der Waals surface area contributed by atoms with E-state index in [1.165, 1.54) is 7.05 Å². The highest BCUT2D eigenvalue weighted by atomic mass is 16.5. The number of amides is 2. The van der Waals surface area contributed by atoms with E-state index in [4.69, 9.17) is 18.9 Å². The van der Waals surface area contributed by atoms with Crippen molar-refractivity contribution in [1.29, 1.82) is 0 Å².